The van der Waals surface area contributed by atoms with Crippen molar-refractivity contribution in [1.82, 2.24) is 0 Å². The molecular weight excluding hydrogens is 372 g/mol. The normalized spacial score (nSPS) is 25.3. The first-order valence-electron chi connectivity index (χ1n) is 10.2. The van der Waals surface area contributed by atoms with Gasteiger partial charge in [0, 0.05) is 11.1 Å². The van der Waals surface area contributed by atoms with Crippen LogP contribution in [0.15, 0.2) is 24.3 Å². The van der Waals surface area contributed by atoms with Crippen LogP contribution in [0.25, 0.3) is 0 Å². The third-order valence-electron chi connectivity index (χ3n) is 5.88. The Morgan fingerprint density at radius 3 is 1.68 bits per heavy atom. The van der Waals surface area contributed by atoms with Gasteiger partial charge in [-0.3, -0.25) is 0 Å². The number of hydrogen-bond donors (Lipinski definition) is 0. The molecule has 0 bridgehead atoms. The number of ether oxygens (including phenoxy) is 2. The number of carbonyl (C=O) groups excluding carboxylic acids is 2. The minimum Gasteiger partial charge on any atom is -0.458 e. The maximum atomic E-state index is 12.4. The number of carbonyl (C=O) groups is 2. The second-order valence-electron chi connectivity index (χ2n) is 9.08. The van der Waals surface area contributed by atoms with E-state index in [9.17, 15) is 9.59 Å². The van der Waals surface area contributed by atoms with Crippen LogP contribution in [0.3, 0.4) is 0 Å². The zero-order valence-corrected chi connectivity index (χ0v) is 19.9. The van der Waals surface area contributed by atoms with E-state index in [0.717, 1.165) is 12.5 Å². The predicted molar refractivity (Wildman–Crippen MR) is 114 cm³/mol. The Balaban J connectivity index is 3.52. The van der Waals surface area contributed by atoms with Gasteiger partial charge in [-0.25, -0.2) is 9.59 Å². The van der Waals surface area contributed by atoms with Crippen LogP contribution < -0.4 is 0 Å². The highest BCUT2D eigenvalue weighted by Gasteiger charge is 2.62. The third-order valence-corrected chi connectivity index (χ3v) is 8.40. The van der Waals surface area contributed by atoms with E-state index in [1.807, 2.05) is 27.7 Å². The summed E-state index contributed by atoms with van der Waals surface area (Å²) in [4.78, 5) is 24.8. The zero-order chi connectivity index (χ0) is 21.9. The summed E-state index contributed by atoms with van der Waals surface area (Å²) >= 11 is 0. The van der Waals surface area contributed by atoms with Gasteiger partial charge in [0.1, 0.15) is 12.2 Å². The fraction of sp³-hybridized carbons (Fsp3) is 0.727. The van der Waals surface area contributed by atoms with E-state index >= 15 is 0 Å². The summed E-state index contributed by atoms with van der Waals surface area (Å²) in [6.07, 6.45) is 1.03. The minimum absolute atomic E-state index is 0.352. The molecule has 0 amide bonds. The standard InChI is InChI=1S/C22H38O5Si/c1-11-17(25-19(23)15(3)4)22(18(12-2)26-20(24)16(5)6)13-14-28(9,10)27-21(22,7)8/h17-18H,3,5,11-14H2,1-2,4,6-10H3. The van der Waals surface area contributed by atoms with E-state index in [1.54, 1.807) is 13.8 Å². The summed E-state index contributed by atoms with van der Waals surface area (Å²) in [5, 5.41) is 0. The van der Waals surface area contributed by atoms with Crippen molar-refractivity contribution in [3.8, 4) is 0 Å². The first-order chi connectivity index (χ1) is 12.7. The molecule has 0 aromatic heterocycles. The highest BCUT2D eigenvalue weighted by Crippen LogP contribution is 2.54. The lowest BCUT2D eigenvalue weighted by Crippen LogP contribution is -2.67. The van der Waals surface area contributed by atoms with Gasteiger partial charge in [-0.15, -0.1) is 0 Å². The number of rotatable bonds is 8. The van der Waals surface area contributed by atoms with E-state index in [4.69, 9.17) is 13.9 Å². The van der Waals surface area contributed by atoms with E-state index in [-0.39, 0.29) is 0 Å². The summed E-state index contributed by atoms with van der Waals surface area (Å²) in [7, 11) is -1.87. The molecule has 0 aromatic rings. The summed E-state index contributed by atoms with van der Waals surface area (Å²) in [5.41, 5.74) is -0.586. The second-order valence-corrected chi connectivity index (χ2v) is 13.3. The van der Waals surface area contributed by atoms with Crippen molar-refractivity contribution in [3.63, 3.8) is 0 Å². The molecule has 0 radical (unpaired) electrons. The van der Waals surface area contributed by atoms with Crippen molar-refractivity contribution in [2.75, 3.05) is 0 Å². The van der Waals surface area contributed by atoms with Crippen LogP contribution >= 0.6 is 0 Å². The molecule has 0 spiro atoms. The molecule has 1 aliphatic rings. The molecule has 0 aromatic carbocycles. The summed E-state index contributed by atoms with van der Waals surface area (Å²) in [6.45, 7) is 23.1. The van der Waals surface area contributed by atoms with Gasteiger partial charge in [-0.2, -0.15) is 0 Å². The highest BCUT2D eigenvalue weighted by atomic mass is 28.4. The summed E-state index contributed by atoms with van der Waals surface area (Å²) < 4.78 is 18.5. The Hall–Kier alpha value is -1.40. The molecular formula is C22H38O5Si. The monoisotopic (exact) mass is 410 g/mol. The van der Waals surface area contributed by atoms with Gasteiger partial charge in [0.25, 0.3) is 0 Å². The Bertz CT molecular complexity index is 599. The average Bonchev–Trinajstić information content (AvgIpc) is 2.56. The molecule has 28 heavy (non-hydrogen) atoms. The Kier molecular flexibility index (Phi) is 7.87. The Morgan fingerprint density at radius 2 is 1.39 bits per heavy atom. The minimum atomic E-state index is -1.87. The van der Waals surface area contributed by atoms with Crippen LogP contribution in [0.2, 0.25) is 19.1 Å². The van der Waals surface area contributed by atoms with E-state index in [1.165, 1.54) is 0 Å². The van der Waals surface area contributed by atoms with Crippen molar-refractivity contribution in [2.24, 2.45) is 5.41 Å². The van der Waals surface area contributed by atoms with E-state index in [0.29, 0.717) is 24.0 Å². The zero-order valence-electron chi connectivity index (χ0n) is 18.9. The molecule has 1 rings (SSSR count). The maximum absolute atomic E-state index is 12.4. The van der Waals surface area contributed by atoms with Crippen LogP contribution in [-0.4, -0.2) is 38.1 Å². The lowest BCUT2D eigenvalue weighted by atomic mass is 9.62. The number of hydrogen-bond acceptors (Lipinski definition) is 5. The Labute approximate surface area is 171 Å². The summed E-state index contributed by atoms with van der Waals surface area (Å²) in [5.74, 6) is -0.852. The molecule has 1 aliphatic heterocycles. The molecule has 6 heteroatoms. The van der Waals surface area contributed by atoms with Crippen molar-refractivity contribution in [1.29, 1.82) is 0 Å². The molecule has 1 heterocycles. The summed E-state index contributed by atoms with van der Waals surface area (Å²) in [6, 6.07) is 0.901. The molecule has 0 aliphatic carbocycles. The van der Waals surface area contributed by atoms with Crippen LogP contribution in [0.1, 0.15) is 60.8 Å². The van der Waals surface area contributed by atoms with Gasteiger partial charge in [-0.05, 0) is 66.1 Å². The molecule has 2 atom stereocenters. The molecule has 0 saturated carbocycles. The van der Waals surface area contributed by atoms with Gasteiger partial charge in [0.2, 0.25) is 0 Å². The lowest BCUT2D eigenvalue weighted by molar-refractivity contribution is -0.212. The Morgan fingerprint density at radius 1 is 1.00 bits per heavy atom. The predicted octanol–water partition coefficient (Wildman–Crippen LogP) is 5.17. The molecule has 160 valence electrons. The SMILES string of the molecule is C=C(C)C(=O)OC(CC)C1(C(CC)OC(=O)C(=C)C)CC[Si](C)(C)OC1(C)C. The molecule has 5 nitrogen and oxygen atoms in total. The van der Waals surface area contributed by atoms with Crippen LogP contribution in [0.5, 0.6) is 0 Å². The van der Waals surface area contributed by atoms with Crippen molar-refractivity contribution < 1.29 is 23.5 Å². The van der Waals surface area contributed by atoms with Crippen LogP contribution in [0.4, 0.5) is 0 Å². The second kappa shape index (κ2) is 8.95. The highest BCUT2D eigenvalue weighted by molar-refractivity contribution is 6.71. The van der Waals surface area contributed by atoms with Crippen molar-refractivity contribution in [2.45, 2.75) is 97.8 Å². The molecule has 1 saturated heterocycles. The van der Waals surface area contributed by atoms with Crippen molar-refractivity contribution >= 4 is 20.3 Å². The van der Waals surface area contributed by atoms with E-state index < -0.39 is 43.5 Å². The van der Waals surface area contributed by atoms with Gasteiger partial charge in [0.15, 0.2) is 8.32 Å². The van der Waals surface area contributed by atoms with Crippen LogP contribution in [0, 0.1) is 5.41 Å². The first-order valence-corrected chi connectivity index (χ1v) is 13.3. The van der Waals surface area contributed by atoms with E-state index in [2.05, 4.69) is 26.3 Å². The maximum Gasteiger partial charge on any atom is 0.333 e. The quantitative estimate of drug-likeness (QED) is 0.314. The van der Waals surface area contributed by atoms with Gasteiger partial charge >= 0.3 is 11.9 Å². The van der Waals surface area contributed by atoms with Crippen LogP contribution in [-0.2, 0) is 23.5 Å². The van der Waals surface area contributed by atoms with Gasteiger partial charge in [-0.1, -0.05) is 27.0 Å². The first kappa shape index (κ1) is 24.6. The molecule has 2 unspecified atom stereocenters. The lowest BCUT2D eigenvalue weighted by Gasteiger charge is -2.59. The molecule has 0 N–H and O–H groups in total. The smallest absolute Gasteiger partial charge is 0.333 e. The average molecular weight is 411 g/mol. The van der Waals surface area contributed by atoms with Gasteiger partial charge in [0.05, 0.1) is 11.0 Å². The fourth-order valence-corrected chi connectivity index (χ4v) is 7.20. The third kappa shape index (κ3) is 4.95. The van der Waals surface area contributed by atoms with Crippen molar-refractivity contribution in [3.05, 3.63) is 24.3 Å². The topological polar surface area (TPSA) is 61.8 Å². The molecule has 1 fully saturated rings. The fourth-order valence-electron chi connectivity index (χ4n) is 4.52. The van der Waals surface area contributed by atoms with Gasteiger partial charge < -0.3 is 13.9 Å². The largest absolute Gasteiger partial charge is 0.458 e. The number of esters is 2.